The Hall–Kier alpha value is -16.0. The summed E-state index contributed by atoms with van der Waals surface area (Å²) < 4.78 is 90.2. The van der Waals surface area contributed by atoms with Crippen LogP contribution in [-0.4, -0.2) is 6.29 Å². The van der Waals surface area contributed by atoms with Gasteiger partial charge in [-0.15, -0.1) is 0 Å². The summed E-state index contributed by atoms with van der Waals surface area (Å²) in [5.41, 5.74) is 17.4. The molecule has 15 aromatic carbocycles. The first kappa shape index (κ1) is 88.4. The molecule has 0 amide bonds. The maximum Gasteiger partial charge on any atom is 0.300 e. The van der Waals surface area contributed by atoms with Crippen LogP contribution >= 0.6 is 0 Å². The molecule has 0 saturated carbocycles. The summed E-state index contributed by atoms with van der Waals surface area (Å²) in [7, 11) is 0. The van der Waals surface area contributed by atoms with E-state index < -0.39 is 31.5 Å². The number of hydrogen-bond acceptors (Lipinski definition) is 15. The van der Waals surface area contributed by atoms with Crippen LogP contribution in [-0.2, 0) is 0 Å². The number of para-hydroxylation sites is 3. The Bertz CT molecular complexity index is 6370. The summed E-state index contributed by atoms with van der Waals surface area (Å²) >= 11 is 0. The standard InChI is InChI=1S/C28H24O3.3C23H20O3.C19H18O3/c1-19-11-15-21(16-12-19)29-28(30-22-17-13-20(2)14-18-22)27-23-7-3-5-9-25(23)31-26-10-6-4-8-24(26)27;1-16-3-8-20(9-4-16)25-23(26-21-10-5-17(2)6-11-21)19-7-12-22-18(15-19)13-14-24-22;1-16-6-10-19(11-7-16)25-23(26-20-12-8-17(2)9-13-20)21-5-3-4-18-14-24-15-22(18)21;1-16-7-11-19(12-8-16)24-23(25-20-13-9-17(2)10-14-20)22-15-18-5-3-4-6-21(18)26-22;1-14-5-9-16(10-6-14)21-19(18-4-3-13-20-18)22-17-11-7-15(2)8-12-17/h3-18,27-28H,1-2H3;3*3-15,23H,1-2H3;3-13,19H,1-2H3. The van der Waals surface area contributed by atoms with Gasteiger partial charge in [0.05, 0.1) is 31.0 Å². The normalized spacial score (nSPS) is 11.4. The third-order valence-electron chi connectivity index (χ3n) is 21.7. The predicted molar refractivity (Wildman–Crippen MR) is 515 cm³/mol. The van der Waals surface area contributed by atoms with E-state index in [-0.39, 0.29) is 5.92 Å². The van der Waals surface area contributed by atoms with Gasteiger partial charge >= 0.3 is 0 Å². The molecular formula is C116H102O15. The smallest absolute Gasteiger partial charge is 0.300 e. The van der Waals surface area contributed by atoms with Crippen LogP contribution in [0, 0.1) is 69.2 Å². The maximum atomic E-state index is 6.48. The van der Waals surface area contributed by atoms with Crippen LogP contribution in [0.4, 0.5) is 0 Å². The zero-order chi connectivity index (χ0) is 90.4. The third-order valence-corrected chi connectivity index (χ3v) is 21.7. The van der Waals surface area contributed by atoms with Crippen LogP contribution in [0.5, 0.6) is 69.0 Å². The van der Waals surface area contributed by atoms with Gasteiger partial charge in [0.15, 0.2) is 11.5 Å². The van der Waals surface area contributed by atoms with Crippen LogP contribution < -0.4 is 52.1 Å². The van der Waals surface area contributed by atoms with E-state index in [9.17, 15) is 0 Å². The maximum absolute atomic E-state index is 6.48. The summed E-state index contributed by atoms with van der Waals surface area (Å²) in [6.45, 7) is 20.5. The fourth-order valence-corrected chi connectivity index (χ4v) is 14.3. The molecule has 0 N–H and O–H groups in total. The Labute approximate surface area is 764 Å². The highest BCUT2D eigenvalue weighted by atomic mass is 16.7. The topological polar surface area (TPSA) is 154 Å². The largest absolute Gasteiger partial charge is 0.471 e. The lowest BCUT2D eigenvalue weighted by atomic mass is 9.87. The van der Waals surface area contributed by atoms with Crippen molar-refractivity contribution in [1.82, 2.24) is 0 Å². The lowest BCUT2D eigenvalue weighted by molar-refractivity contribution is -0.0131. The fourth-order valence-electron chi connectivity index (χ4n) is 14.3. The number of aryl methyl sites for hydroxylation is 10. The van der Waals surface area contributed by atoms with Gasteiger partial charge in [-0.1, -0.05) is 250 Å². The summed E-state index contributed by atoms with van der Waals surface area (Å²) in [6, 6.07) is 123. The van der Waals surface area contributed by atoms with Crippen LogP contribution in [0.3, 0.4) is 0 Å². The van der Waals surface area contributed by atoms with Crippen molar-refractivity contribution in [2.45, 2.75) is 107 Å². The Morgan fingerprint density at radius 1 is 0.237 bits per heavy atom. The van der Waals surface area contributed by atoms with Crippen molar-refractivity contribution in [2.75, 3.05) is 0 Å². The molecule has 656 valence electrons. The van der Waals surface area contributed by atoms with Crippen LogP contribution in [0.15, 0.2) is 419 Å². The number of fused-ring (bicyclic) bond motifs is 5. The number of hydrogen-bond donors (Lipinski definition) is 0. The molecule has 4 aromatic heterocycles. The van der Waals surface area contributed by atoms with Gasteiger partial charge in [-0.3, -0.25) is 0 Å². The lowest BCUT2D eigenvalue weighted by Gasteiger charge is -2.34. The number of benzene rings is 15. The van der Waals surface area contributed by atoms with E-state index in [2.05, 4.69) is 53.7 Å². The molecule has 0 atom stereocenters. The van der Waals surface area contributed by atoms with Crippen LogP contribution in [0.25, 0.3) is 32.7 Å². The lowest BCUT2D eigenvalue weighted by Crippen LogP contribution is -2.34. The van der Waals surface area contributed by atoms with E-state index in [1.54, 1.807) is 25.1 Å². The highest BCUT2D eigenvalue weighted by molar-refractivity contribution is 5.85. The average molecular weight is 1740 g/mol. The molecular weight excluding hydrogens is 1630 g/mol. The predicted octanol–water partition coefficient (Wildman–Crippen LogP) is 30.7. The monoisotopic (exact) mass is 1730 g/mol. The molecule has 0 saturated heterocycles. The van der Waals surface area contributed by atoms with Gasteiger partial charge in [0, 0.05) is 43.8 Å². The molecule has 1 aliphatic rings. The number of rotatable bonds is 25. The first-order valence-electron chi connectivity index (χ1n) is 43.5. The first-order chi connectivity index (χ1) is 63.9. The van der Waals surface area contributed by atoms with Gasteiger partial charge in [-0.2, -0.15) is 0 Å². The Balaban J connectivity index is 0.000000120. The van der Waals surface area contributed by atoms with Crippen LogP contribution in [0.1, 0.15) is 120 Å². The van der Waals surface area contributed by atoms with Gasteiger partial charge in [0.2, 0.25) is 0 Å². The van der Waals surface area contributed by atoms with E-state index in [0.717, 1.165) is 124 Å². The molecule has 0 radical (unpaired) electrons. The second-order valence-corrected chi connectivity index (χ2v) is 32.3. The summed E-state index contributed by atoms with van der Waals surface area (Å²) in [6.07, 6.45) is 3.75. The van der Waals surface area contributed by atoms with Crippen molar-refractivity contribution in [3.05, 3.63) is 491 Å². The highest BCUT2D eigenvalue weighted by Gasteiger charge is 2.37. The third kappa shape index (κ3) is 24.2. The van der Waals surface area contributed by atoms with Crippen molar-refractivity contribution in [3.8, 4) is 69.0 Å². The van der Waals surface area contributed by atoms with Crippen LogP contribution in [0.2, 0.25) is 0 Å². The Morgan fingerprint density at radius 2 is 0.580 bits per heavy atom. The van der Waals surface area contributed by atoms with Gasteiger partial charge < -0.3 is 69.8 Å². The second-order valence-electron chi connectivity index (χ2n) is 32.3. The molecule has 1 aliphatic heterocycles. The zero-order valence-electron chi connectivity index (χ0n) is 74.7. The zero-order valence-corrected chi connectivity index (χ0v) is 74.7. The van der Waals surface area contributed by atoms with Crippen molar-refractivity contribution >= 4 is 32.7 Å². The van der Waals surface area contributed by atoms with Crippen molar-refractivity contribution < 1.29 is 69.8 Å². The van der Waals surface area contributed by atoms with Crippen molar-refractivity contribution in [1.29, 1.82) is 0 Å². The molecule has 0 bridgehead atoms. The Morgan fingerprint density at radius 3 is 0.969 bits per heavy atom. The summed E-state index contributed by atoms with van der Waals surface area (Å²) in [4.78, 5) is 0. The van der Waals surface area contributed by atoms with E-state index in [4.69, 9.17) is 69.8 Å². The minimum Gasteiger partial charge on any atom is -0.471 e. The molecule has 20 rings (SSSR count). The molecule has 19 aromatic rings. The minimum absolute atomic E-state index is 0.149. The van der Waals surface area contributed by atoms with Gasteiger partial charge in [0.25, 0.3) is 31.5 Å². The summed E-state index contributed by atoms with van der Waals surface area (Å²) in [5, 5.41) is 4.05. The molecule has 0 aliphatic carbocycles. The molecule has 5 heterocycles. The van der Waals surface area contributed by atoms with E-state index in [0.29, 0.717) is 11.5 Å². The molecule has 0 spiro atoms. The molecule has 0 unspecified atom stereocenters. The highest BCUT2D eigenvalue weighted by Crippen LogP contribution is 2.47. The second kappa shape index (κ2) is 42.5. The molecule has 0 fully saturated rings. The van der Waals surface area contributed by atoms with Gasteiger partial charge in [0.1, 0.15) is 80.2 Å². The van der Waals surface area contributed by atoms with E-state index in [1.807, 2.05) is 392 Å². The minimum atomic E-state index is -0.673. The molecule has 15 heteroatoms. The first-order valence-corrected chi connectivity index (χ1v) is 43.5. The fraction of sp³-hybridized carbons (Fsp3) is 0.138. The van der Waals surface area contributed by atoms with Gasteiger partial charge in [-0.05, 0) is 251 Å². The molecule has 131 heavy (non-hydrogen) atoms. The van der Waals surface area contributed by atoms with Crippen molar-refractivity contribution in [2.24, 2.45) is 0 Å². The number of furan rings is 4. The van der Waals surface area contributed by atoms with E-state index in [1.165, 1.54) is 55.6 Å². The quantitative estimate of drug-likeness (QED) is 0.0498. The van der Waals surface area contributed by atoms with E-state index >= 15 is 0 Å². The summed E-state index contributed by atoms with van der Waals surface area (Å²) in [5.74, 6) is 10.3. The number of ether oxygens (including phenoxy) is 11. The SMILES string of the molecule is Cc1ccc(OC(Oc2ccc(C)cc2)C2c3ccccc3Oc3ccccc32)cc1.Cc1ccc(OC(Oc2ccc(C)cc2)c2cc3ccccc3o2)cc1.Cc1ccc(OC(Oc2ccc(C)cc2)c2ccc3occc3c2)cc1.Cc1ccc(OC(Oc2ccc(C)cc2)c2cccc3cocc23)cc1.Cc1ccc(OC(Oc2ccc(C)cc2)c2ccco2)cc1. The average Bonchev–Trinajstić information content (AvgIpc) is 1.33. The van der Waals surface area contributed by atoms with Gasteiger partial charge in [-0.25, -0.2) is 0 Å². The molecule has 15 nitrogen and oxygen atoms in total. The van der Waals surface area contributed by atoms with Crippen molar-refractivity contribution in [3.63, 3.8) is 0 Å². The Kier molecular flexibility index (Phi) is 28.7.